The number of rotatable bonds is 4. The Hall–Kier alpha value is -1.84. The number of piperidine rings is 1. The van der Waals surface area contributed by atoms with Gasteiger partial charge in [0.15, 0.2) is 0 Å². The van der Waals surface area contributed by atoms with Crippen LogP contribution in [0.5, 0.6) is 0 Å². The highest BCUT2D eigenvalue weighted by molar-refractivity contribution is 5.91. The Bertz CT molecular complexity index is 663. The summed E-state index contributed by atoms with van der Waals surface area (Å²) in [7, 11) is 0. The van der Waals surface area contributed by atoms with Gasteiger partial charge in [-0.25, -0.2) is 4.79 Å². The average Bonchev–Trinajstić information content (AvgIpc) is 2.59. The molecule has 1 aromatic carbocycles. The van der Waals surface area contributed by atoms with Crippen molar-refractivity contribution in [2.45, 2.75) is 72.3 Å². The zero-order valence-electron chi connectivity index (χ0n) is 16.4. The van der Waals surface area contributed by atoms with E-state index in [4.69, 9.17) is 4.74 Å². The zero-order valence-corrected chi connectivity index (χ0v) is 16.4. The number of aryl methyl sites for hydroxylation is 1. The van der Waals surface area contributed by atoms with E-state index in [1.54, 1.807) is 11.8 Å². The Balaban J connectivity index is 2.36. The molecule has 0 aromatic heterocycles. The van der Waals surface area contributed by atoms with Crippen LogP contribution >= 0.6 is 0 Å². The predicted octanol–water partition coefficient (Wildman–Crippen LogP) is 3.83. The van der Waals surface area contributed by atoms with E-state index in [0.29, 0.717) is 19.6 Å². The van der Waals surface area contributed by atoms with Gasteiger partial charge in [-0.1, -0.05) is 12.1 Å². The van der Waals surface area contributed by atoms with Crippen LogP contribution in [-0.4, -0.2) is 36.0 Å². The molecule has 4 nitrogen and oxygen atoms in total. The monoisotopic (exact) mass is 345 g/mol. The van der Waals surface area contributed by atoms with Gasteiger partial charge >= 0.3 is 5.97 Å². The minimum absolute atomic E-state index is 0.0107. The first kappa shape index (κ1) is 19.5. The predicted molar refractivity (Wildman–Crippen MR) is 99.7 cm³/mol. The van der Waals surface area contributed by atoms with E-state index in [1.165, 1.54) is 11.1 Å². The van der Waals surface area contributed by atoms with E-state index in [1.807, 2.05) is 13.8 Å². The second-order valence-electron chi connectivity index (χ2n) is 7.57. The molecule has 1 atom stereocenters. The van der Waals surface area contributed by atoms with E-state index in [0.717, 1.165) is 24.0 Å². The van der Waals surface area contributed by atoms with Gasteiger partial charge in [-0.05, 0) is 83.1 Å². The van der Waals surface area contributed by atoms with Gasteiger partial charge < -0.3 is 9.64 Å². The maximum Gasteiger partial charge on any atom is 0.328 e. The van der Waals surface area contributed by atoms with Crippen molar-refractivity contribution in [3.63, 3.8) is 0 Å². The summed E-state index contributed by atoms with van der Waals surface area (Å²) in [6, 6.07) is 3.68. The summed E-state index contributed by atoms with van der Waals surface area (Å²) in [6.45, 7) is 12.9. The molecule has 138 valence electrons. The standard InChI is InChI=1S/C21H31NO3/c1-7-25-19(23)18-10-8-9-13-22(18)20(24)21(5,6)17-12-11-14(2)15(3)16(17)4/h11-12,18H,7-10,13H2,1-6H3. The first-order valence-corrected chi connectivity index (χ1v) is 9.26. The van der Waals surface area contributed by atoms with Crippen LogP contribution in [0, 0.1) is 20.8 Å². The minimum atomic E-state index is -0.676. The second-order valence-corrected chi connectivity index (χ2v) is 7.57. The van der Waals surface area contributed by atoms with Crippen molar-refractivity contribution >= 4 is 11.9 Å². The van der Waals surface area contributed by atoms with Crippen molar-refractivity contribution in [3.8, 4) is 0 Å². The van der Waals surface area contributed by atoms with Crippen molar-refractivity contribution in [1.29, 1.82) is 0 Å². The lowest BCUT2D eigenvalue weighted by molar-refractivity contribution is -0.158. The van der Waals surface area contributed by atoms with Gasteiger partial charge in [-0.3, -0.25) is 4.79 Å². The SMILES string of the molecule is CCOC(=O)C1CCCCN1C(=O)C(C)(C)c1ccc(C)c(C)c1C. The number of hydrogen-bond donors (Lipinski definition) is 0. The van der Waals surface area contributed by atoms with Crippen LogP contribution in [-0.2, 0) is 19.7 Å². The third-order valence-electron chi connectivity index (χ3n) is 5.59. The molecule has 0 N–H and O–H groups in total. The molecule has 4 heteroatoms. The Morgan fingerprint density at radius 1 is 1.16 bits per heavy atom. The van der Waals surface area contributed by atoms with Crippen LogP contribution in [0.15, 0.2) is 12.1 Å². The van der Waals surface area contributed by atoms with Crippen LogP contribution in [0.4, 0.5) is 0 Å². The lowest BCUT2D eigenvalue weighted by Crippen LogP contribution is -2.54. The van der Waals surface area contributed by atoms with Gasteiger partial charge in [0.05, 0.1) is 12.0 Å². The Kier molecular flexibility index (Phi) is 5.91. The molecule has 1 unspecified atom stereocenters. The van der Waals surface area contributed by atoms with Crippen molar-refractivity contribution in [3.05, 3.63) is 34.4 Å². The number of ether oxygens (including phenoxy) is 1. The fourth-order valence-electron chi connectivity index (χ4n) is 3.77. The largest absolute Gasteiger partial charge is 0.464 e. The highest BCUT2D eigenvalue weighted by Crippen LogP contribution is 2.33. The molecule has 1 amide bonds. The fraction of sp³-hybridized carbons (Fsp3) is 0.619. The van der Waals surface area contributed by atoms with Crippen molar-refractivity contribution in [2.24, 2.45) is 0 Å². The van der Waals surface area contributed by atoms with E-state index >= 15 is 0 Å². The van der Waals surface area contributed by atoms with E-state index in [2.05, 4.69) is 32.9 Å². The van der Waals surface area contributed by atoms with Crippen LogP contribution in [0.25, 0.3) is 0 Å². The average molecular weight is 345 g/mol. The fourth-order valence-corrected chi connectivity index (χ4v) is 3.77. The number of amides is 1. The summed E-state index contributed by atoms with van der Waals surface area (Å²) < 4.78 is 5.21. The van der Waals surface area contributed by atoms with Gasteiger partial charge in [-0.2, -0.15) is 0 Å². The Labute approximate surface area is 151 Å². The molecule has 1 aliphatic heterocycles. The summed E-state index contributed by atoms with van der Waals surface area (Å²) in [4.78, 5) is 27.5. The molecule has 1 saturated heterocycles. The number of carbonyl (C=O) groups excluding carboxylic acids is 2. The zero-order chi connectivity index (χ0) is 18.8. The molecule has 1 fully saturated rings. The molecule has 25 heavy (non-hydrogen) atoms. The number of benzene rings is 1. The topological polar surface area (TPSA) is 46.6 Å². The van der Waals surface area contributed by atoms with Gasteiger partial charge in [0.2, 0.25) is 5.91 Å². The summed E-state index contributed by atoms with van der Waals surface area (Å²) in [5, 5.41) is 0. The first-order chi connectivity index (χ1) is 11.7. The molecule has 1 aliphatic rings. The van der Waals surface area contributed by atoms with Gasteiger partial charge in [0, 0.05) is 6.54 Å². The second kappa shape index (κ2) is 7.59. The molecule has 1 heterocycles. The number of carbonyl (C=O) groups is 2. The number of esters is 1. The molecular weight excluding hydrogens is 314 g/mol. The Morgan fingerprint density at radius 2 is 1.84 bits per heavy atom. The van der Waals surface area contributed by atoms with Crippen LogP contribution in [0.3, 0.4) is 0 Å². The van der Waals surface area contributed by atoms with Crippen LogP contribution in [0.2, 0.25) is 0 Å². The smallest absolute Gasteiger partial charge is 0.328 e. The van der Waals surface area contributed by atoms with Crippen LogP contribution < -0.4 is 0 Å². The summed E-state index contributed by atoms with van der Waals surface area (Å²) >= 11 is 0. The molecule has 0 bridgehead atoms. The normalized spacial score (nSPS) is 18.2. The van der Waals surface area contributed by atoms with E-state index in [-0.39, 0.29) is 11.9 Å². The number of hydrogen-bond acceptors (Lipinski definition) is 3. The summed E-state index contributed by atoms with van der Waals surface area (Å²) in [5.41, 5.74) is 3.97. The summed E-state index contributed by atoms with van der Waals surface area (Å²) in [5.74, 6) is -0.264. The van der Waals surface area contributed by atoms with E-state index in [9.17, 15) is 9.59 Å². The molecule has 2 rings (SSSR count). The van der Waals surface area contributed by atoms with Gasteiger partial charge in [-0.15, -0.1) is 0 Å². The number of nitrogens with zero attached hydrogens (tertiary/aromatic N) is 1. The summed E-state index contributed by atoms with van der Waals surface area (Å²) in [6.07, 6.45) is 2.58. The molecule has 0 aliphatic carbocycles. The van der Waals surface area contributed by atoms with Crippen molar-refractivity contribution in [2.75, 3.05) is 13.2 Å². The first-order valence-electron chi connectivity index (χ1n) is 9.26. The lowest BCUT2D eigenvalue weighted by atomic mass is 9.78. The lowest BCUT2D eigenvalue weighted by Gasteiger charge is -2.39. The molecule has 0 spiro atoms. The van der Waals surface area contributed by atoms with Gasteiger partial charge in [0.1, 0.15) is 6.04 Å². The maximum absolute atomic E-state index is 13.4. The molecule has 0 saturated carbocycles. The van der Waals surface area contributed by atoms with Crippen molar-refractivity contribution < 1.29 is 14.3 Å². The number of likely N-dealkylation sites (tertiary alicyclic amines) is 1. The molecular formula is C21H31NO3. The molecule has 1 aromatic rings. The third kappa shape index (κ3) is 3.73. The van der Waals surface area contributed by atoms with Crippen molar-refractivity contribution in [1.82, 2.24) is 4.90 Å². The Morgan fingerprint density at radius 3 is 2.48 bits per heavy atom. The van der Waals surface area contributed by atoms with Crippen LogP contribution in [0.1, 0.15) is 62.3 Å². The van der Waals surface area contributed by atoms with Gasteiger partial charge in [0.25, 0.3) is 0 Å². The minimum Gasteiger partial charge on any atom is -0.464 e. The quantitative estimate of drug-likeness (QED) is 0.779. The highest BCUT2D eigenvalue weighted by atomic mass is 16.5. The maximum atomic E-state index is 13.4. The highest BCUT2D eigenvalue weighted by Gasteiger charge is 2.41. The molecule has 0 radical (unpaired) electrons. The third-order valence-corrected chi connectivity index (χ3v) is 5.59. The van der Waals surface area contributed by atoms with E-state index < -0.39 is 11.5 Å².